The summed E-state index contributed by atoms with van der Waals surface area (Å²) in [6, 6.07) is 7.39. The van der Waals surface area contributed by atoms with Crippen molar-refractivity contribution in [3.63, 3.8) is 0 Å². The molecule has 1 aliphatic rings. The molecule has 1 heterocycles. The normalized spacial score (nSPS) is 14.0. The summed E-state index contributed by atoms with van der Waals surface area (Å²) in [7, 11) is 0. The summed E-state index contributed by atoms with van der Waals surface area (Å²) in [5.41, 5.74) is 0.729. The van der Waals surface area contributed by atoms with Crippen LogP contribution in [0.15, 0.2) is 24.3 Å². The molecule has 1 N–H and O–H groups in total. The zero-order valence-corrected chi connectivity index (χ0v) is 13.7. The van der Waals surface area contributed by atoms with Crippen molar-refractivity contribution in [2.24, 2.45) is 0 Å². The van der Waals surface area contributed by atoms with Gasteiger partial charge < -0.3 is 10.0 Å². The maximum atomic E-state index is 12.5. The molecule has 2 aromatic rings. The number of halogens is 1. The molecule has 1 fully saturated rings. The van der Waals surface area contributed by atoms with Crippen LogP contribution in [0.4, 0.5) is 0 Å². The maximum absolute atomic E-state index is 12.5. The minimum absolute atomic E-state index is 0.0831. The lowest BCUT2D eigenvalue weighted by molar-refractivity contribution is 0.0720. The predicted octanol–water partition coefficient (Wildman–Crippen LogP) is 2.25. The van der Waals surface area contributed by atoms with Crippen LogP contribution in [0.1, 0.15) is 42.1 Å². The van der Waals surface area contributed by atoms with Crippen LogP contribution in [0.3, 0.4) is 0 Å². The fourth-order valence-corrected chi connectivity index (χ4v) is 2.70. The van der Waals surface area contributed by atoms with E-state index >= 15 is 0 Å². The van der Waals surface area contributed by atoms with Crippen molar-refractivity contribution in [1.29, 1.82) is 0 Å². The number of amides is 1. The average molecular weight is 335 g/mol. The molecule has 0 radical (unpaired) electrons. The maximum Gasteiger partial charge on any atom is 0.293 e. The van der Waals surface area contributed by atoms with Gasteiger partial charge in [0.1, 0.15) is 5.82 Å². The molecule has 23 heavy (non-hydrogen) atoms. The summed E-state index contributed by atoms with van der Waals surface area (Å²) in [6.45, 7) is 2.55. The highest BCUT2D eigenvalue weighted by Gasteiger charge is 2.32. The van der Waals surface area contributed by atoms with E-state index < -0.39 is 0 Å². The second-order valence-corrected chi connectivity index (χ2v) is 5.95. The minimum atomic E-state index is -0.269. The topological polar surface area (TPSA) is 71.2 Å². The number of aliphatic hydroxyl groups is 1. The third kappa shape index (κ3) is 3.23. The molecule has 1 aromatic heterocycles. The molecular weight excluding hydrogens is 316 g/mol. The molecule has 0 unspecified atom stereocenters. The zero-order valence-electron chi connectivity index (χ0n) is 12.9. The van der Waals surface area contributed by atoms with E-state index in [-0.39, 0.29) is 24.9 Å². The van der Waals surface area contributed by atoms with E-state index in [4.69, 9.17) is 16.7 Å². The third-order valence-electron chi connectivity index (χ3n) is 3.89. The fourth-order valence-electron chi connectivity index (χ4n) is 2.49. The van der Waals surface area contributed by atoms with Crippen LogP contribution in [0.25, 0.3) is 5.69 Å². The number of likely N-dealkylation sites (N-methyl/N-ethyl adjacent to an activating group) is 1. The van der Waals surface area contributed by atoms with Gasteiger partial charge in [-0.15, -0.1) is 5.10 Å². The van der Waals surface area contributed by atoms with Crippen molar-refractivity contribution >= 4 is 17.5 Å². The van der Waals surface area contributed by atoms with E-state index in [9.17, 15) is 4.79 Å². The van der Waals surface area contributed by atoms with Crippen LogP contribution in [-0.2, 0) is 0 Å². The fraction of sp³-hybridized carbons (Fsp3) is 0.438. The Morgan fingerprint density at radius 1 is 1.43 bits per heavy atom. The van der Waals surface area contributed by atoms with Crippen molar-refractivity contribution in [2.45, 2.75) is 25.7 Å². The largest absolute Gasteiger partial charge is 0.395 e. The molecule has 0 atom stereocenters. The molecule has 0 saturated heterocycles. The molecule has 1 amide bonds. The van der Waals surface area contributed by atoms with Crippen molar-refractivity contribution in [1.82, 2.24) is 19.7 Å². The molecule has 1 aromatic carbocycles. The first-order valence-corrected chi connectivity index (χ1v) is 8.15. The molecule has 0 aliphatic heterocycles. The molecular formula is C16H19ClN4O2. The number of aliphatic hydroxyl groups excluding tert-OH is 1. The first-order valence-electron chi connectivity index (χ1n) is 7.77. The first kappa shape index (κ1) is 16.0. The van der Waals surface area contributed by atoms with Gasteiger partial charge in [-0.3, -0.25) is 4.79 Å². The Bertz CT molecular complexity index is 712. The van der Waals surface area contributed by atoms with Crippen LogP contribution < -0.4 is 0 Å². The Morgan fingerprint density at radius 3 is 2.78 bits per heavy atom. The van der Waals surface area contributed by atoms with Crippen LogP contribution >= 0.6 is 11.6 Å². The Kier molecular flexibility index (Phi) is 4.63. The van der Waals surface area contributed by atoms with E-state index in [1.165, 1.54) is 4.90 Å². The van der Waals surface area contributed by atoms with Gasteiger partial charge in [0, 0.05) is 19.0 Å². The van der Waals surface area contributed by atoms with Gasteiger partial charge in [-0.1, -0.05) is 23.7 Å². The van der Waals surface area contributed by atoms with Crippen molar-refractivity contribution in [3.05, 3.63) is 40.9 Å². The Balaban J connectivity index is 2.00. The number of nitrogens with zero attached hydrogens (tertiary/aromatic N) is 4. The summed E-state index contributed by atoms with van der Waals surface area (Å²) in [5.74, 6) is 0.992. The molecule has 1 aliphatic carbocycles. The summed E-state index contributed by atoms with van der Waals surface area (Å²) in [5, 5.41) is 14.1. The SMILES string of the molecule is CCN(CCO)C(=O)c1nc(C2CC2)n(-c2ccccc2Cl)n1. The highest BCUT2D eigenvalue weighted by atomic mass is 35.5. The van der Waals surface area contributed by atoms with Gasteiger partial charge in [0.2, 0.25) is 5.82 Å². The van der Waals surface area contributed by atoms with Crippen LogP contribution in [0, 0.1) is 0 Å². The van der Waals surface area contributed by atoms with Gasteiger partial charge in [0.15, 0.2) is 0 Å². The minimum Gasteiger partial charge on any atom is -0.395 e. The van der Waals surface area contributed by atoms with E-state index in [0.717, 1.165) is 24.4 Å². The summed E-state index contributed by atoms with van der Waals surface area (Å²) < 4.78 is 1.68. The molecule has 1 saturated carbocycles. The highest BCUT2D eigenvalue weighted by molar-refractivity contribution is 6.32. The van der Waals surface area contributed by atoms with Crippen molar-refractivity contribution < 1.29 is 9.90 Å². The number of hydrogen-bond donors (Lipinski definition) is 1. The van der Waals surface area contributed by atoms with Gasteiger partial charge in [-0.05, 0) is 31.9 Å². The average Bonchev–Trinajstić information content (AvgIpc) is 3.31. The van der Waals surface area contributed by atoms with Gasteiger partial charge in [0.25, 0.3) is 5.91 Å². The molecule has 0 bridgehead atoms. The summed E-state index contributed by atoms with van der Waals surface area (Å²) in [6.07, 6.45) is 2.09. The number of aromatic nitrogens is 3. The number of carbonyl (C=O) groups excluding carboxylic acids is 1. The summed E-state index contributed by atoms with van der Waals surface area (Å²) >= 11 is 6.27. The smallest absolute Gasteiger partial charge is 0.293 e. The molecule has 3 rings (SSSR count). The lowest BCUT2D eigenvalue weighted by Gasteiger charge is -2.17. The number of para-hydroxylation sites is 1. The second kappa shape index (κ2) is 6.68. The standard InChI is InChI=1S/C16H19ClN4O2/c1-2-20(9-10-22)16(23)14-18-15(11-7-8-11)21(19-14)13-6-4-3-5-12(13)17/h3-6,11,22H,2,7-10H2,1H3. The molecule has 122 valence electrons. The predicted molar refractivity (Wildman–Crippen MR) is 87.0 cm³/mol. The van der Waals surface area contributed by atoms with Crippen LogP contribution in [0.5, 0.6) is 0 Å². The van der Waals surface area contributed by atoms with E-state index in [1.807, 2.05) is 25.1 Å². The number of carbonyl (C=O) groups is 1. The van der Waals surface area contributed by atoms with E-state index in [2.05, 4.69) is 10.1 Å². The lowest BCUT2D eigenvalue weighted by Crippen LogP contribution is -2.34. The van der Waals surface area contributed by atoms with Crippen LogP contribution in [0.2, 0.25) is 5.02 Å². The monoisotopic (exact) mass is 334 g/mol. The zero-order chi connectivity index (χ0) is 16.4. The number of hydrogen-bond acceptors (Lipinski definition) is 4. The van der Waals surface area contributed by atoms with E-state index in [0.29, 0.717) is 17.5 Å². The molecule has 7 heteroatoms. The highest BCUT2D eigenvalue weighted by Crippen LogP contribution is 2.40. The van der Waals surface area contributed by atoms with E-state index in [1.54, 1.807) is 10.7 Å². The Hall–Kier alpha value is -1.92. The number of benzene rings is 1. The Morgan fingerprint density at radius 2 is 2.17 bits per heavy atom. The Labute approximate surface area is 139 Å². The van der Waals surface area contributed by atoms with Crippen molar-refractivity contribution in [3.8, 4) is 5.69 Å². The quantitative estimate of drug-likeness (QED) is 0.879. The van der Waals surface area contributed by atoms with Crippen LogP contribution in [-0.4, -0.2) is 50.4 Å². The number of rotatable bonds is 6. The van der Waals surface area contributed by atoms with Gasteiger partial charge >= 0.3 is 0 Å². The third-order valence-corrected chi connectivity index (χ3v) is 4.21. The first-order chi connectivity index (χ1) is 11.2. The summed E-state index contributed by atoms with van der Waals surface area (Å²) in [4.78, 5) is 18.5. The van der Waals surface area contributed by atoms with Gasteiger partial charge in [-0.2, -0.15) is 0 Å². The lowest BCUT2D eigenvalue weighted by atomic mass is 10.3. The molecule has 6 nitrogen and oxygen atoms in total. The van der Waals surface area contributed by atoms with Gasteiger partial charge in [0.05, 0.1) is 17.3 Å². The second-order valence-electron chi connectivity index (χ2n) is 5.54. The van der Waals surface area contributed by atoms with Gasteiger partial charge in [-0.25, -0.2) is 9.67 Å². The molecule has 0 spiro atoms. The van der Waals surface area contributed by atoms with Crippen molar-refractivity contribution in [2.75, 3.05) is 19.7 Å².